The number of nitrogens with zero attached hydrogens (tertiary/aromatic N) is 1. The summed E-state index contributed by atoms with van der Waals surface area (Å²) in [6.07, 6.45) is 2.64. The molecule has 2 aromatic carbocycles. The quantitative estimate of drug-likeness (QED) is 0.730. The summed E-state index contributed by atoms with van der Waals surface area (Å²) in [5.41, 5.74) is 3.02. The first-order valence-electron chi connectivity index (χ1n) is 9.47. The van der Waals surface area contributed by atoms with Crippen LogP contribution in [0.4, 0.5) is 5.69 Å². The number of nitrogens with one attached hydrogen (secondary N) is 1. The number of hydrogen-bond donors (Lipinski definition) is 1. The smallest absolute Gasteiger partial charge is 0.227 e. The molecule has 0 aromatic heterocycles. The summed E-state index contributed by atoms with van der Waals surface area (Å²) >= 11 is 0. The van der Waals surface area contributed by atoms with Gasteiger partial charge in [-0.2, -0.15) is 0 Å². The number of amides is 2. The molecule has 0 aliphatic carbocycles. The van der Waals surface area contributed by atoms with E-state index in [1.165, 1.54) is 5.56 Å². The second-order valence-electron chi connectivity index (χ2n) is 6.86. The van der Waals surface area contributed by atoms with E-state index < -0.39 is 0 Å². The van der Waals surface area contributed by atoms with Crippen LogP contribution in [0.2, 0.25) is 0 Å². The number of ether oxygens (including phenoxy) is 1. The van der Waals surface area contributed by atoms with Crippen molar-refractivity contribution >= 4 is 17.5 Å². The molecule has 1 saturated heterocycles. The molecule has 0 atom stereocenters. The Morgan fingerprint density at radius 1 is 1.19 bits per heavy atom. The van der Waals surface area contributed by atoms with Crippen LogP contribution >= 0.6 is 0 Å². The highest BCUT2D eigenvalue weighted by atomic mass is 16.5. The molecule has 0 unspecified atom stereocenters. The summed E-state index contributed by atoms with van der Waals surface area (Å²) < 4.78 is 5.67. The molecular formula is C22H26N2O3. The number of anilines is 1. The number of carbonyl (C=O) groups is 2. The SMILES string of the molecule is Cc1cccc(OCCCNC(=O)Cc2ccc(N3CCCC3=O)cc2)c1. The molecule has 1 heterocycles. The van der Waals surface area contributed by atoms with Crippen LogP contribution in [0, 0.1) is 6.92 Å². The van der Waals surface area contributed by atoms with Gasteiger partial charge < -0.3 is 15.0 Å². The van der Waals surface area contributed by atoms with Gasteiger partial charge in [0.05, 0.1) is 13.0 Å². The molecule has 0 spiro atoms. The molecule has 3 rings (SSSR count). The van der Waals surface area contributed by atoms with Crippen molar-refractivity contribution in [3.8, 4) is 5.75 Å². The molecule has 1 aliphatic heterocycles. The van der Waals surface area contributed by atoms with Gasteiger partial charge in [0.2, 0.25) is 11.8 Å². The average molecular weight is 366 g/mol. The molecule has 1 fully saturated rings. The maximum atomic E-state index is 12.1. The van der Waals surface area contributed by atoms with Crippen molar-refractivity contribution in [1.82, 2.24) is 5.32 Å². The van der Waals surface area contributed by atoms with Crippen LogP contribution in [-0.4, -0.2) is 31.5 Å². The highest BCUT2D eigenvalue weighted by Gasteiger charge is 2.21. The van der Waals surface area contributed by atoms with E-state index in [1.807, 2.05) is 55.5 Å². The maximum Gasteiger partial charge on any atom is 0.227 e. The third-order valence-corrected chi connectivity index (χ3v) is 4.59. The third-order valence-electron chi connectivity index (χ3n) is 4.59. The van der Waals surface area contributed by atoms with Crippen LogP contribution in [0.1, 0.15) is 30.4 Å². The van der Waals surface area contributed by atoms with Crippen molar-refractivity contribution in [3.63, 3.8) is 0 Å². The average Bonchev–Trinajstić information content (AvgIpc) is 3.08. The Hall–Kier alpha value is -2.82. The lowest BCUT2D eigenvalue weighted by atomic mass is 10.1. The van der Waals surface area contributed by atoms with E-state index in [4.69, 9.17) is 4.74 Å². The first kappa shape index (κ1) is 19.0. The molecule has 0 radical (unpaired) electrons. The van der Waals surface area contributed by atoms with Gasteiger partial charge in [-0.15, -0.1) is 0 Å². The first-order chi connectivity index (χ1) is 13.1. The maximum absolute atomic E-state index is 12.1. The van der Waals surface area contributed by atoms with E-state index >= 15 is 0 Å². The first-order valence-corrected chi connectivity index (χ1v) is 9.47. The van der Waals surface area contributed by atoms with Crippen LogP contribution in [0.5, 0.6) is 5.75 Å². The van der Waals surface area contributed by atoms with Gasteiger partial charge in [0.25, 0.3) is 0 Å². The lowest BCUT2D eigenvalue weighted by Gasteiger charge is -2.15. The molecule has 5 nitrogen and oxygen atoms in total. The zero-order valence-corrected chi connectivity index (χ0v) is 15.7. The van der Waals surface area contributed by atoms with Gasteiger partial charge in [0.15, 0.2) is 0 Å². The molecular weight excluding hydrogens is 340 g/mol. The lowest BCUT2D eigenvalue weighted by Crippen LogP contribution is -2.27. The highest BCUT2D eigenvalue weighted by molar-refractivity contribution is 5.95. The minimum Gasteiger partial charge on any atom is -0.494 e. The van der Waals surface area contributed by atoms with Gasteiger partial charge in [-0.05, 0) is 55.2 Å². The predicted molar refractivity (Wildman–Crippen MR) is 106 cm³/mol. The van der Waals surface area contributed by atoms with Crippen LogP contribution < -0.4 is 15.0 Å². The van der Waals surface area contributed by atoms with Crippen LogP contribution in [-0.2, 0) is 16.0 Å². The summed E-state index contributed by atoms with van der Waals surface area (Å²) in [4.78, 5) is 25.6. The zero-order chi connectivity index (χ0) is 19.1. The molecule has 5 heteroatoms. The molecule has 0 saturated carbocycles. The molecule has 1 aliphatic rings. The molecule has 1 N–H and O–H groups in total. The molecule has 142 valence electrons. The number of hydrogen-bond acceptors (Lipinski definition) is 3. The van der Waals surface area contributed by atoms with E-state index in [0.717, 1.165) is 36.4 Å². The Kier molecular flexibility index (Phi) is 6.47. The number of carbonyl (C=O) groups excluding carboxylic acids is 2. The predicted octanol–water partition coefficient (Wildman–Crippen LogP) is 3.25. The van der Waals surface area contributed by atoms with E-state index in [0.29, 0.717) is 26.0 Å². The van der Waals surface area contributed by atoms with Gasteiger partial charge in [-0.3, -0.25) is 9.59 Å². The monoisotopic (exact) mass is 366 g/mol. The number of benzene rings is 2. The van der Waals surface area contributed by atoms with Crippen molar-refractivity contribution in [2.75, 3.05) is 24.6 Å². The molecule has 27 heavy (non-hydrogen) atoms. The Balaban J connectivity index is 1.36. The van der Waals surface area contributed by atoms with Crippen LogP contribution in [0.25, 0.3) is 0 Å². The zero-order valence-electron chi connectivity index (χ0n) is 15.7. The molecule has 2 aromatic rings. The largest absolute Gasteiger partial charge is 0.494 e. The molecule has 0 bridgehead atoms. The Morgan fingerprint density at radius 3 is 2.70 bits per heavy atom. The standard InChI is InChI=1S/C22H26N2O3/c1-17-5-2-6-20(15-17)27-14-4-12-23-21(25)16-18-8-10-19(11-9-18)24-13-3-7-22(24)26/h2,5-6,8-11,15H,3-4,7,12-14,16H2,1H3,(H,23,25). The summed E-state index contributed by atoms with van der Waals surface area (Å²) in [7, 11) is 0. The minimum absolute atomic E-state index is 0.00412. The van der Waals surface area contributed by atoms with Gasteiger partial charge in [0, 0.05) is 25.2 Å². The summed E-state index contributed by atoms with van der Waals surface area (Å²) in [5, 5.41) is 2.92. The third kappa shape index (κ3) is 5.58. The Bertz CT molecular complexity index is 786. The van der Waals surface area contributed by atoms with Crippen LogP contribution in [0.15, 0.2) is 48.5 Å². The second-order valence-corrected chi connectivity index (χ2v) is 6.86. The van der Waals surface area contributed by atoms with Crippen molar-refractivity contribution in [2.24, 2.45) is 0 Å². The molecule has 2 amide bonds. The number of aryl methyl sites for hydroxylation is 1. The normalized spacial score (nSPS) is 13.7. The van der Waals surface area contributed by atoms with Gasteiger partial charge in [0.1, 0.15) is 5.75 Å². The van der Waals surface area contributed by atoms with E-state index in [9.17, 15) is 9.59 Å². The van der Waals surface area contributed by atoms with E-state index in [1.54, 1.807) is 4.90 Å². The summed E-state index contributed by atoms with van der Waals surface area (Å²) in [5.74, 6) is 1.03. The van der Waals surface area contributed by atoms with E-state index in [2.05, 4.69) is 5.32 Å². The van der Waals surface area contributed by atoms with Crippen molar-refractivity contribution in [2.45, 2.75) is 32.6 Å². The van der Waals surface area contributed by atoms with Crippen LogP contribution in [0.3, 0.4) is 0 Å². The van der Waals surface area contributed by atoms with Crippen molar-refractivity contribution in [3.05, 3.63) is 59.7 Å². The van der Waals surface area contributed by atoms with Gasteiger partial charge in [-0.25, -0.2) is 0 Å². The summed E-state index contributed by atoms with van der Waals surface area (Å²) in [6.45, 7) is 3.97. The topological polar surface area (TPSA) is 58.6 Å². The minimum atomic E-state index is -0.00412. The van der Waals surface area contributed by atoms with Crippen molar-refractivity contribution in [1.29, 1.82) is 0 Å². The Labute approximate surface area is 160 Å². The van der Waals surface area contributed by atoms with E-state index in [-0.39, 0.29) is 11.8 Å². The summed E-state index contributed by atoms with van der Waals surface area (Å²) in [6, 6.07) is 15.6. The van der Waals surface area contributed by atoms with Crippen molar-refractivity contribution < 1.29 is 14.3 Å². The Morgan fingerprint density at radius 2 is 2.00 bits per heavy atom. The fourth-order valence-corrected chi connectivity index (χ4v) is 3.16. The van der Waals surface area contributed by atoms with Gasteiger partial charge >= 0.3 is 0 Å². The number of rotatable bonds is 8. The lowest BCUT2D eigenvalue weighted by molar-refractivity contribution is -0.120. The fraction of sp³-hybridized carbons (Fsp3) is 0.364. The fourth-order valence-electron chi connectivity index (χ4n) is 3.16. The highest BCUT2D eigenvalue weighted by Crippen LogP contribution is 2.21. The van der Waals surface area contributed by atoms with Gasteiger partial charge in [-0.1, -0.05) is 24.3 Å². The second kappa shape index (κ2) is 9.21.